The maximum atomic E-state index is 12.7. The Morgan fingerprint density at radius 2 is 1.58 bits per heavy atom. The number of carbonyl (C=O) groups is 2. The lowest BCUT2D eigenvalue weighted by Crippen LogP contribution is -2.48. The summed E-state index contributed by atoms with van der Waals surface area (Å²) in [5.41, 5.74) is 1.96. The van der Waals surface area contributed by atoms with Crippen LogP contribution < -0.4 is 5.32 Å². The first kappa shape index (κ1) is 20.0. The summed E-state index contributed by atoms with van der Waals surface area (Å²) < 4.78 is 0. The zero-order chi connectivity index (χ0) is 19.1. The molecule has 2 amide bonds. The Labute approximate surface area is 160 Å². The summed E-state index contributed by atoms with van der Waals surface area (Å²) >= 11 is 5.93. The van der Waals surface area contributed by atoms with Crippen LogP contribution in [0.5, 0.6) is 0 Å². The molecule has 0 spiro atoms. The molecule has 138 valence electrons. The highest BCUT2D eigenvalue weighted by atomic mass is 35.5. The van der Waals surface area contributed by atoms with E-state index in [-0.39, 0.29) is 17.7 Å². The van der Waals surface area contributed by atoms with Gasteiger partial charge in [0.15, 0.2) is 0 Å². The summed E-state index contributed by atoms with van der Waals surface area (Å²) in [5, 5.41) is 3.56. The van der Waals surface area contributed by atoms with Gasteiger partial charge in [0.2, 0.25) is 11.8 Å². The zero-order valence-electron chi connectivity index (χ0n) is 15.4. The summed E-state index contributed by atoms with van der Waals surface area (Å²) in [4.78, 5) is 26.9. The van der Waals surface area contributed by atoms with Crippen LogP contribution in [-0.4, -0.2) is 22.8 Å². The number of hydrogen-bond acceptors (Lipinski definition) is 2. The second-order valence-electron chi connectivity index (χ2n) is 6.63. The van der Waals surface area contributed by atoms with Crippen LogP contribution in [-0.2, 0) is 22.7 Å². The number of carbonyl (C=O) groups excluding carboxylic acids is 2. The van der Waals surface area contributed by atoms with Crippen molar-refractivity contribution in [2.45, 2.75) is 39.9 Å². The lowest BCUT2D eigenvalue weighted by molar-refractivity contribution is -0.143. The van der Waals surface area contributed by atoms with Gasteiger partial charge >= 0.3 is 0 Å². The molecule has 0 heterocycles. The minimum Gasteiger partial charge on any atom is -0.350 e. The molecule has 0 unspecified atom stereocenters. The van der Waals surface area contributed by atoms with Crippen molar-refractivity contribution in [3.63, 3.8) is 0 Å². The predicted octanol–water partition coefficient (Wildman–Crippen LogP) is 4.03. The molecule has 1 atom stereocenters. The van der Waals surface area contributed by atoms with Gasteiger partial charge < -0.3 is 10.2 Å². The Morgan fingerprint density at radius 1 is 0.962 bits per heavy atom. The standard InChI is InChI=1S/C21H25ClN2O2/c1-15(2)21(26)24(14-18-9-11-19(22)12-10-18)16(3)20(25)23-13-17-7-5-4-6-8-17/h4-12,15-16H,13-14H2,1-3H3,(H,23,25)/t16-/m0/s1. The van der Waals surface area contributed by atoms with Crippen LogP contribution in [0.25, 0.3) is 0 Å². The van der Waals surface area contributed by atoms with Gasteiger partial charge in [-0.25, -0.2) is 0 Å². The third-order valence-electron chi connectivity index (χ3n) is 4.20. The molecule has 0 saturated heterocycles. The van der Waals surface area contributed by atoms with Crippen LogP contribution in [0.1, 0.15) is 31.9 Å². The van der Waals surface area contributed by atoms with Crippen LogP contribution in [0.4, 0.5) is 0 Å². The fourth-order valence-electron chi connectivity index (χ4n) is 2.60. The Hall–Kier alpha value is -2.33. The van der Waals surface area contributed by atoms with Crippen molar-refractivity contribution in [2.24, 2.45) is 5.92 Å². The molecular weight excluding hydrogens is 348 g/mol. The highest BCUT2D eigenvalue weighted by molar-refractivity contribution is 6.30. The van der Waals surface area contributed by atoms with Crippen molar-refractivity contribution in [1.82, 2.24) is 10.2 Å². The van der Waals surface area contributed by atoms with Gasteiger partial charge in [-0.1, -0.05) is 67.9 Å². The van der Waals surface area contributed by atoms with Gasteiger partial charge in [-0.2, -0.15) is 0 Å². The molecule has 0 aliphatic rings. The molecule has 0 bridgehead atoms. The summed E-state index contributed by atoms with van der Waals surface area (Å²) in [6.07, 6.45) is 0. The van der Waals surface area contributed by atoms with Gasteiger partial charge in [0, 0.05) is 24.0 Å². The minimum absolute atomic E-state index is 0.0534. The zero-order valence-corrected chi connectivity index (χ0v) is 16.2. The van der Waals surface area contributed by atoms with Gasteiger partial charge in [-0.3, -0.25) is 9.59 Å². The Kier molecular flexibility index (Phi) is 7.22. The quantitative estimate of drug-likeness (QED) is 0.797. The normalized spacial score (nSPS) is 11.9. The van der Waals surface area contributed by atoms with Gasteiger partial charge in [0.05, 0.1) is 0 Å². The van der Waals surface area contributed by atoms with Gasteiger partial charge in [-0.05, 0) is 30.2 Å². The summed E-state index contributed by atoms with van der Waals surface area (Å²) in [5.74, 6) is -0.411. The largest absolute Gasteiger partial charge is 0.350 e. The Bertz CT molecular complexity index is 729. The predicted molar refractivity (Wildman–Crippen MR) is 105 cm³/mol. The van der Waals surface area contributed by atoms with Crippen LogP contribution in [0, 0.1) is 5.92 Å². The van der Waals surface area contributed by atoms with Gasteiger partial charge in [0.1, 0.15) is 6.04 Å². The van der Waals surface area contributed by atoms with E-state index in [1.54, 1.807) is 24.0 Å². The van der Waals surface area contributed by atoms with E-state index >= 15 is 0 Å². The lowest BCUT2D eigenvalue weighted by atomic mass is 10.1. The molecule has 0 saturated carbocycles. The first-order valence-electron chi connectivity index (χ1n) is 8.75. The topological polar surface area (TPSA) is 49.4 Å². The fraction of sp³-hybridized carbons (Fsp3) is 0.333. The second-order valence-corrected chi connectivity index (χ2v) is 7.06. The highest BCUT2D eigenvalue weighted by Crippen LogP contribution is 2.16. The first-order chi connectivity index (χ1) is 12.4. The molecule has 0 aliphatic carbocycles. The number of amides is 2. The molecule has 2 aromatic carbocycles. The molecule has 0 radical (unpaired) electrons. The van der Waals surface area contributed by atoms with Gasteiger partial charge in [0.25, 0.3) is 0 Å². The smallest absolute Gasteiger partial charge is 0.242 e. The molecule has 0 fully saturated rings. The van der Waals surface area contributed by atoms with Crippen molar-refractivity contribution < 1.29 is 9.59 Å². The number of benzene rings is 2. The average Bonchev–Trinajstić information content (AvgIpc) is 2.65. The first-order valence-corrected chi connectivity index (χ1v) is 9.13. The fourth-order valence-corrected chi connectivity index (χ4v) is 2.72. The van der Waals surface area contributed by atoms with Crippen molar-refractivity contribution in [3.8, 4) is 0 Å². The molecular formula is C21H25ClN2O2. The third kappa shape index (κ3) is 5.60. The lowest BCUT2D eigenvalue weighted by Gasteiger charge is -2.30. The van der Waals surface area contributed by atoms with Crippen LogP contribution in [0.2, 0.25) is 5.02 Å². The molecule has 2 aromatic rings. The number of nitrogens with zero attached hydrogens (tertiary/aromatic N) is 1. The highest BCUT2D eigenvalue weighted by Gasteiger charge is 2.27. The molecule has 0 aromatic heterocycles. The maximum Gasteiger partial charge on any atom is 0.242 e. The number of nitrogens with one attached hydrogen (secondary N) is 1. The van der Waals surface area contributed by atoms with E-state index in [0.29, 0.717) is 18.1 Å². The van der Waals surface area contributed by atoms with Gasteiger partial charge in [-0.15, -0.1) is 0 Å². The van der Waals surface area contributed by atoms with Crippen LogP contribution in [0.3, 0.4) is 0 Å². The van der Waals surface area contributed by atoms with E-state index in [0.717, 1.165) is 11.1 Å². The van der Waals surface area contributed by atoms with Crippen molar-refractivity contribution in [2.75, 3.05) is 0 Å². The summed E-state index contributed by atoms with van der Waals surface area (Å²) in [6.45, 7) is 6.25. The maximum absolute atomic E-state index is 12.7. The minimum atomic E-state index is -0.565. The van der Waals surface area contributed by atoms with Crippen LogP contribution >= 0.6 is 11.6 Å². The molecule has 26 heavy (non-hydrogen) atoms. The number of hydrogen-bond donors (Lipinski definition) is 1. The SMILES string of the molecule is CC(C)C(=O)N(Cc1ccc(Cl)cc1)[C@@H](C)C(=O)NCc1ccccc1. The average molecular weight is 373 g/mol. The molecule has 0 aliphatic heterocycles. The number of rotatable bonds is 7. The van der Waals surface area contributed by atoms with Crippen molar-refractivity contribution in [1.29, 1.82) is 0 Å². The molecule has 4 nitrogen and oxygen atoms in total. The molecule has 5 heteroatoms. The van der Waals surface area contributed by atoms with E-state index in [2.05, 4.69) is 5.32 Å². The number of halogens is 1. The van der Waals surface area contributed by atoms with Crippen LogP contribution in [0.15, 0.2) is 54.6 Å². The second kappa shape index (κ2) is 9.39. The Morgan fingerprint density at radius 3 is 2.15 bits per heavy atom. The van der Waals surface area contributed by atoms with E-state index in [9.17, 15) is 9.59 Å². The summed E-state index contributed by atoms with van der Waals surface area (Å²) in [7, 11) is 0. The van der Waals surface area contributed by atoms with E-state index < -0.39 is 6.04 Å². The molecule has 2 rings (SSSR count). The van der Waals surface area contributed by atoms with Crippen molar-refractivity contribution in [3.05, 3.63) is 70.7 Å². The van der Waals surface area contributed by atoms with E-state index in [4.69, 9.17) is 11.6 Å². The monoisotopic (exact) mass is 372 g/mol. The van der Waals surface area contributed by atoms with E-state index in [1.807, 2.05) is 56.3 Å². The van der Waals surface area contributed by atoms with Crippen molar-refractivity contribution >= 4 is 23.4 Å². The summed E-state index contributed by atoms with van der Waals surface area (Å²) in [6, 6.07) is 16.5. The Balaban J connectivity index is 2.08. The van der Waals surface area contributed by atoms with E-state index in [1.165, 1.54) is 0 Å². The molecule has 1 N–H and O–H groups in total. The third-order valence-corrected chi connectivity index (χ3v) is 4.45.